The van der Waals surface area contributed by atoms with Crippen molar-refractivity contribution >= 4 is 5.91 Å². The number of nitrogens with zero attached hydrogens (tertiary/aromatic N) is 1. The maximum absolute atomic E-state index is 11.9. The normalized spacial score (nSPS) is 21.6. The Bertz CT molecular complexity index is 186. The summed E-state index contributed by atoms with van der Waals surface area (Å²) in [6.07, 6.45) is 1.88. The van der Waals surface area contributed by atoms with Crippen molar-refractivity contribution in [3.63, 3.8) is 0 Å². The minimum Gasteiger partial charge on any atom is -0.341 e. The summed E-state index contributed by atoms with van der Waals surface area (Å²) in [7, 11) is 0. The molecule has 0 bridgehead atoms. The summed E-state index contributed by atoms with van der Waals surface area (Å²) in [5.41, 5.74) is 0. The Morgan fingerprint density at radius 2 is 2.29 bits per heavy atom. The first-order chi connectivity index (χ1) is 6.65. The van der Waals surface area contributed by atoms with E-state index < -0.39 is 0 Å². The average molecular weight is 198 g/mol. The Morgan fingerprint density at radius 1 is 1.57 bits per heavy atom. The summed E-state index contributed by atoms with van der Waals surface area (Å²) in [5.74, 6) is 0.881. The van der Waals surface area contributed by atoms with Gasteiger partial charge in [0.15, 0.2) is 0 Å². The molecule has 3 nitrogen and oxygen atoms in total. The molecule has 82 valence electrons. The van der Waals surface area contributed by atoms with E-state index in [1.807, 2.05) is 11.8 Å². The summed E-state index contributed by atoms with van der Waals surface area (Å²) in [5, 5.41) is 3.29. The highest BCUT2D eigenvalue weighted by Crippen LogP contribution is 2.14. The zero-order chi connectivity index (χ0) is 10.6. The van der Waals surface area contributed by atoms with Gasteiger partial charge in [-0.1, -0.05) is 0 Å². The van der Waals surface area contributed by atoms with Crippen molar-refractivity contribution in [1.82, 2.24) is 10.2 Å². The van der Waals surface area contributed by atoms with Crippen LogP contribution >= 0.6 is 0 Å². The third kappa shape index (κ3) is 2.98. The van der Waals surface area contributed by atoms with Crippen LogP contribution in [0.4, 0.5) is 0 Å². The van der Waals surface area contributed by atoms with Gasteiger partial charge in [-0.3, -0.25) is 4.79 Å². The molecule has 0 aromatic heterocycles. The Kier molecular flexibility index (Phi) is 4.39. The molecular weight excluding hydrogens is 176 g/mol. The van der Waals surface area contributed by atoms with Gasteiger partial charge in [0.1, 0.15) is 0 Å². The number of carbonyl (C=O) groups excluding carboxylic acids is 1. The molecular formula is C11H22N2O. The van der Waals surface area contributed by atoms with Gasteiger partial charge in [-0.15, -0.1) is 0 Å². The van der Waals surface area contributed by atoms with Crippen LogP contribution in [0.2, 0.25) is 0 Å². The summed E-state index contributed by atoms with van der Waals surface area (Å²) < 4.78 is 0. The first-order valence-corrected chi connectivity index (χ1v) is 5.65. The van der Waals surface area contributed by atoms with Crippen molar-refractivity contribution in [2.45, 2.75) is 39.7 Å². The van der Waals surface area contributed by atoms with Crippen LogP contribution in [0.25, 0.3) is 0 Å². The van der Waals surface area contributed by atoms with Crippen LogP contribution in [0.1, 0.15) is 33.6 Å². The lowest BCUT2D eigenvalue weighted by molar-refractivity contribution is -0.133. The Labute approximate surface area is 86.9 Å². The molecule has 0 aromatic rings. The van der Waals surface area contributed by atoms with Gasteiger partial charge >= 0.3 is 0 Å². The highest BCUT2D eigenvalue weighted by Gasteiger charge is 2.22. The lowest BCUT2D eigenvalue weighted by Gasteiger charge is -2.26. The molecule has 1 amide bonds. The fourth-order valence-corrected chi connectivity index (χ4v) is 2.08. The van der Waals surface area contributed by atoms with Gasteiger partial charge < -0.3 is 10.2 Å². The molecule has 0 radical (unpaired) electrons. The Hall–Kier alpha value is -0.570. The largest absolute Gasteiger partial charge is 0.341 e. The SMILES string of the molecule is CCN(C(=O)CC1CCNC1)C(C)C. The third-order valence-corrected chi connectivity index (χ3v) is 2.91. The van der Waals surface area contributed by atoms with Crippen LogP contribution in [0.3, 0.4) is 0 Å². The van der Waals surface area contributed by atoms with E-state index in [9.17, 15) is 4.79 Å². The molecule has 1 saturated heterocycles. The second-order valence-corrected chi connectivity index (χ2v) is 4.34. The first-order valence-electron chi connectivity index (χ1n) is 5.65. The molecule has 1 atom stereocenters. The van der Waals surface area contributed by atoms with E-state index in [-0.39, 0.29) is 0 Å². The lowest BCUT2D eigenvalue weighted by Crippen LogP contribution is -2.37. The molecule has 14 heavy (non-hydrogen) atoms. The van der Waals surface area contributed by atoms with Crippen LogP contribution in [-0.2, 0) is 4.79 Å². The van der Waals surface area contributed by atoms with Crippen molar-refractivity contribution in [3.05, 3.63) is 0 Å². The summed E-state index contributed by atoms with van der Waals surface area (Å²) >= 11 is 0. The lowest BCUT2D eigenvalue weighted by atomic mass is 10.0. The molecule has 1 unspecified atom stereocenters. The van der Waals surface area contributed by atoms with Gasteiger partial charge in [-0.25, -0.2) is 0 Å². The molecule has 0 spiro atoms. The van der Waals surface area contributed by atoms with Gasteiger partial charge in [0.2, 0.25) is 5.91 Å². The van der Waals surface area contributed by atoms with Crippen LogP contribution in [-0.4, -0.2) is 36.5 Å². The number of carbonyl (C=O) groups is 1. The van der Waals surface area contributed by atoms with E-state index >= 15 is 0 Å². The Morgan fingerprint density at radius 3 is 2.71 bits per heavy atom. The number of hydrogen-bond donors (Lipinski definition) is 1. The predicted molar refractivity (Wildman–Crippen MR) is 58.1 cm³/mol. The van der Waals surface area contributed by atoms with Crippen molar-refractivity contribution in [2.24, 2.45) is 5.92 Å². The summed E-state index contributed by atoms with van der Waals surface area (Å²) in [6.45, 7) is 9.12. The second-order valence-electron chi connectivity index (χ2n) is 4.34. The molecule has 1 aliphatic rings. The van der Waals surface area contributed by atoms with Crippen molar-refractivity contribution in [2.75, 3.05) is 19.6 Å². The van der Waals surface area contributed by atoms with E-state index in [0.717, 1.165) is 32.5 Å². The first kappa shape index (κ1) is 11.5. The third-order valence-electron chi connectivity index (χ3n) is 2.91. The molecule has 0 saturated carbocycles. The zero-order valence-electron chi connectivity index (χ0n) is 9.55. The summed E-state index contributed by atoms with van der Waals surface area (Å²) in [4.78, 5) is 13.8. The van der Waals surface area contributed by atoms with Gasteiger partial charge in [-0.2, -0.15) is 0 Å². The highest BCUT2D eigenvalue weighted by atomic mass is 16.2. The van der Waals surface area contributed by atoms with Gasteiger partial charge in [-0.05, 0) is 46.2 Å². The number of rotatable bonds is 4. The molecule has 0 aliphatic carbocycles. The van der Waals surface area contributed by atoms with Crippen LogP contribution < -0.4 is 5.32 Å². The van der Waals surface area contributed by atoms with Crippen molar-refractivity contribution < 1.29 is 4.79 Å². The molecule has 0 aromatic carbocycles. The van der Waals surface area contributed by atoms with Gasteiger partial charge in [0.05, 0.1) is 0 Å². The smallest absolute Gasteiger partial charge is 0.223 e. The molecule has 1 aliphatic heterocycles. The second kappa shape index (κ2) is 5.35. The maximum atomic E-state index is 11.9. The quantitative estimate of drug-likeness (QED) is 0.737. The van der Waals surface area contributed by atoms with E-state index in [1.54, 1.807) is 0 Å². The standard InChI is InChI=1S/C11H22N2O/c1-4-13(9(2)3)11(14)7-10-5-6-12-8-10/h9-10,12H,4-8H2,1-3H3. The molecule has 1 heterocycles. The molecule has 3 heteroatoms. The summed E-state index contributed by atoms with van der Waals surface area (Å²) in [6, 6.07) is 0.335. The maximum Gasteiger partial charge on any atom is 0.223 e. The number of hydrogen-bond acceptors (Lipinski definition) is 2. The number of nitrogens with one attached hydrogen (secondary N) is 1. The van der Waals surface area contributed by atoms with E-state index in [1.165, 1.54) is 0 Å². The predicted octanol–water partition coefficient (Wildman–Crippen LogP) is 1.24. The van der Waals surface area contributed by atoms with Gasteiger partial charge in [0, 0.05) is 19.0 Å². The fraction of sp³-hybridized carbons (Fsp3) is 0.909. The average Bonchev–Trinajstić information content (AvgIpc) is 2.57. The minimum absolute atomic E-state index is 0.316. The molecule has 1 rings (SSSR count). The van der Waals surface area contributed by atoms with Gasteiger partial charge in [0.25, 0.3) is 0 Å². The number of amides is 1. The van der Waals surface area contributed by atoms with E-state index in [4.69, 9.17) is 0 Å². The topological polar surface area (TPSA) is 32.3 Å². The van der Waals surface area contributed by atoms with Crippen molar-refractivity contribution in [3.8, 4) is 0 Å². The van der Waals surface area contributed by atoms with Crippen LogP contribution in [0, 0.1) is 5.92 Å². The zero-order valence-corrected chi connectivity index (χ0v) is 9.55. The van der Waals surface area contributed by atoms with E-state index in [2.05, 4.69) is 19.2 Å². The molecule has 1 N–H and O–H groups in total. The Balaban J connectivity index is 2.38. The van der Waals surface area contributed by atoms with Crippen molar-refractivity contribution in [1.29, 1.82) is 0 Å². The highest BCUT2D eigenvalue weighted by molar-refractivity contribution is 5.76. The minimum atomic E-state index is 0.316. The van der Waals surface area contributed by atoms with Crippen LogP contribution in [0.15, 0.2) is 0 Å². The fourth-order valence-electron chi connectivity index (χ4n) is 2.08. The van der Waals surface area contributed by atoms with E-state index in [0.29, 0.717) is 17.9 Å². The van der Waals surface area contributed by atoms with Crippen LogP contribution in [0.5, 0.6) is 0 Å². The molecule has 1 fully saturated rings. The monoisotopic (exact) mass is 198 g/mol.